The first-order valence-electron chi connectivity index (χ1n) is 8.17. The monoisotopic (exact) mass is 380 g/mol. The summed E-state index contributed by atoms with van der Waals surface area (Å²) in [4.78, 5) is 34.4. The number of thiazole rings is 1. The van der Waals surface area contributed by atoms with Gasteiger partial charge in [-0.05, 0) is 30.7 Å². The Morgan fingerprint density at radius 3 is 2.85 bits per heavy atom. The van der Waals surface area contributed by atoms with Crippen molar-refractivity contribution in [2.24, 2.45) is 0 Å². The fourth-order valence-electron chi connectivity index (χ4n) is 2.76. The van der Waals surface area contributed by atoms with E-state index in [9.17, 15) is 9.59 Å². The highest BCUT2D eigenvalue weighted by atomic mass is 32.1. The molecule has 4 rings (SSSR count). The van der Waals surface area contributed by atoms with Crippen molar-refractivity contribution in [3.8, 4) is 11.3 Å². The number of aromatic amines is 2. The van der Waals surface area contributed by atoms with Crippen LogP contribution in [-0.4, -0.2) is 33.9 Å². The molecule has 0 aliphatic rings. The lowest BCUT2D eigenvalue weighted by molar-refractivity contribution is 0.0594. The van der Waals surface area contributed by atoms with E-state index in [1.165, 1.54) is 18.4 Å². The number of anilines is 1. The number of benzene rings is 1. The summed E-state index contributed by atoms with van der Waals surface area (Å²) in [6.07, 6.45) is 1.67. The van der Waals surface area contributed by atoms with E-state index in [-0.39, 0.29) is 5.91 Å². The molecule has 1 amide bonds. The number of H-pyrrole nitrogens is 2. The molecule has 136 valence electrons. The van der Waals surface area contributed by atoms with Crippen LogP contribution in [0.15, 0.2) is 41.9 Å². The van der Waals surface area contributed by atoms with Crippen molar-refractivity contribution in [2.75, 3.05) is 12.4 Å². The first kappa shape index (κ1) is 17.0. The van der Waals surface area contributed by atoms with Gasteiger partial charge in [-0.25, -0.2) is 9.78 Å². The summed E-state index contributed by atoms with van der Waals surface area (Å²) < 4.78 is 4.68. The van der Waals surface area contributed by atoms with Crippen LogP contribution in [0.1, 0.15) is 26.5 Å². The number of amides is 1. The van der Waals surface area contributed by atoms with Crippen molar-refractivity contribution in [3.05, 3.63) is 58.9 Å². The van der Waals surface area contributed by atoms with Gasteiger partial charge in [-0.1, -0.05) is 12.1 Å². The Kier molecular flexibility index (Phi) is 4.25. The van der Waals surface area contributed by atoms with Gasteiger partial charge in [0, 0.05) is 28.0 Å². The van der Waals surface area contributed by atoms with Crippen molar-refractivity contribution in [1.29, 1.82) is 0 Å². The summed E-state index contributed by atoms with van der Waals surface area (Å²) in [5, 5.41) is 6.07. The second kappa shape index (κ2) is 6.73. The normalized spacial score (nSPS) is 10.9. The Balaban J connectivity index is 1.52. The van der Waals surface area contributed by atoms with Gasteiger partial charge in [-0.15, -0.1) is 11.3 Å². The molecule has 1 aromatic carbocycles. The minimum absolute atomic E-state index is 0.255. The fraction of sp³-hybridized carbons (Fsp3) is 0.105. The predicted octanol–water partition coefficient (Wildman–Crippen LogP) is 3.97. The Bertz CT molecular complexity index is 1150. The number of hydrogen-bond donors (Lipinski definition) is 3. The molecule has 3 N–H and O–H groups in total. The van der Waals surface area contributed by atoms with Gasteiger partial charge in [0.05, 0.1) is 12.8 Å². The smallest absolute Gasteiger partial charge is 0.354 e. The topological polar surface area (TPSA) is 99.9 Å². The molecule has 7 nitrogen and oxygen atoms in total. The largest absolute Gasteiger partial charge is 0.464 e. The number of esters is 1. The third-order valence-electron chi connectivity index (χ3n) is 4.13. The standard InChI is InChI=1S/C19H16N4O3S/c1-10-3-4-11-6-14(21-13(11)5-10)17(24)23-19-22-16(9-27-19)12-7-15(20-8-12)18(25)26-2/h3-9,20-21H,1-2H3,(H,22,23,24). The first-order chi connectivity index (χ1) is 13.0. The zero-order chi connectivity index (χ0) is 19.0. The number of rotatable bonds is 4. The van der Waals surface area contributed by atoms with Crippen molar-refractivity contribution in [3.63, 3.8) is 0 Å². The third-order valence-corrected chi connectivity index (χ3v) is 4.89. The van der Waals surface area contributed by atoms with Crippen LogP contribution in [0.25, 0.3) is 22.2 Å². The zero-order valence-corrected chi connectivity index (χ0v) is 15.4. The van der Waals surface area contributed by atoms with E-state index in [0.29, 0.717) is 22.2 Å². The maximum absolute atomic E-state index is 12.5. The van der Waals surface area contributed by atoms with E-state index in [1.54, 1.807) is 12.3 Å². The lowest BCUT2D eigenvalue weighted by atomic mass is 10.2. The van der Waals surface area contributed by atoms with Crippen LogP contribution in [0.3, 0.4) is 0 Å². The van der Waals surface area contributed by atoms with Gasteiger partial charge in [-0.3, -0.25) is 10.1 Å². The van der Waals surface area contributed by atoms with E-state index in [0.717, 1.165) is 22.0 Å². The molecule has 0 bridgehead atoms. The molecule has 0 saturated heterocycles. The van der Waals surface area contributed by atoms with E-state index < -0.39 is 5.97 Å². The molecule has 0 radical (unpaired) electrons. The van der Waals surface area contributed by atoms with Crippen molar-refractivity contribution in [1.82, 2.24) is 15.0 Å². The zero-order valence-electron chi connectivity index (χ0n) is 14.6. The van der Waals surface area contributed by atoms with Crippen LogP contribution in [0.2, 0.25) is 0 Å². The fourth-order valence-corrected chi connectivity index (χ4v) is 3.48. The van der Waals surface area contributed by atoms with Crippen molar-refractivity contribution < 1.29 is 14.3 Å². The quantitative estimate of drug-likeness (QED) is 0.467. The Morgan fingerprint density at radius 1 is 1.19 bits per heavy atom. The van der Waals surface area contributed by atoms with Gasteiger partial charge in [0.2, 0.25) is 0 Å². The van der Waals surface area contributed by atoms with Gasteiger partial charge in [0.25, 0.3) is 5.91 Å². The van der Waals surface area contributed by atoms with Crippen LogP contribution < -0.4 is 5.32 Å². The highest BCUT2D eigenvalue weighted by molar-refractivity contribution is 7.14. The number of ether oxygens (including phenoxy) is 1. The SMILES string of the molecule is COC(=O)c1cc(-c2csc(NC(=O)c3cc4ccc(C)cc4[nH]3)n2)c[nH]1. The highest BCUT2D eigenvalue weighted by Gasteiger charge is 2.14. The Labute approximate surface area is 158 Å². The molecule has 0 unspecified atom stereocenters. The van der Waals surface area contributed by atoms with Gasteiger partial charge in [-0.2, -0.15) is 0 Å². The number of carbonyl (C=O) groups is 2. The highest BCUT2D eigenvalue weighted by Crippen LogP contribution is 2.26. The molecule has 0 aliphatic carbocycles. The molecule has 8 heteroatoms. The van der Waals surface area contributed by atoms with Crippen LogP contribution in [0, 0.1) is 6.92 Å². The second-order valence-corrected chi connectivity index (χ2v) is 6.92. The molecule has 3 heterocycles. The first-order valence-corrected chi connectivity index (χ1v) is 9.05. The average molecular weight is 380 g/mol. The van der Waals surface area contributed by atoms with Gasteiger partial charge in [0.15, 0.2) is 5.13 Å². The number of aryl methyl sites for hydroxylation is 1. The van der Waals surface area contributed by atoms with E-state index in [1.807, 2.05) is 36.6 Å². The summed E-state index contributed by atoms with van der Waals surface area (Å²) in [5.74, 6) is -0.701. The van der Waals surface area contributed by atoms with Crippen LogP contribution in [-0.2, 0) is 4.74 Å². The molecule has 27 heavy (non-hydrogen) atoms. The molecule has 3 aromatic heterocycles. The number of nitrogens with zero attached hydrogens (tertiary/aromatic N) is 1. The molecule has 0 spiro atoms. The maximum Gasteiger partial charge on any atom is 0.354 e. The number of hydrogen-bond acceptors (Lipinski definition) is 5. The number of aromatic nitrogens is 3. The van der Waals surface area contributed by atoms with Crippen LogP contribution in [0.5, 0.6) is 0 Å². The minimum Gasteiger partial charge on any atom is -0.464 e. The lowest BCUT2D eigenvalue weighted by Gasteiger charge is -1.98. The molecule has 0 atom stereocenters. The molecule has 0 aliphatic heterocycles. The summed E-state index contributed by atoms with van der Waals surface area (Å²) >= 11 is 1.31. The molecule has 0 fully saturated rings. The lowest BCUT2D eigenvalue weighted by Crippen LogP contribution is -2.11. The predicted molar refractivity (Wildman–Crippen MR) is 104 cm³/mol. The molecular weight excluding hydrogens is 364 g/mol. The minimum atomic E-state index is -0.445. The van der Waals surface area contributed by atoms with Gasteiger partial charge in [0.1, 0.15) is 11.4 Å². The van der Waals surface area contributed by atoms with Crippen LogP contribution >= 0.6 is 11.3 Å². The summed E-state index contributed by atoms with van der Waals surface area (Å²) in [6.45, 7) is 2.00. The van der Waals surface area contributed by atoms with Crippen molar-refractivity contribution in [2.45, 2.75) is 6.92 Å². The maximum atomic E-state index is 12.5. The van der Waals surface area contributed by atoms with Crippen molar-refractivity contribution >= 4 is 39.2 Å². The third kappa shape index (κ3) is 3.34. The van der Waals surface area contributed by atoms with E-state index in [4.69, 9.17) is 0 Å². The number of methoxy groups -OCH3 is 1. The second-order valence-electron chi connectivity index (χ2n) is 6.06. The van der Waals surface area contributed by atoms with E-state index in [2.05, 4.69) is 25.0 Å². The average Bonchev–Trinajstić information content (AvgIpc) is 3.39. The summed E-state index contributed by atoms with van der Waals surface area (Å²) in [5.41, 5.74) is 4.27. The molecule has 0 saturated carbocycles. The summed E-state index contributed by atoms with van der Waals surface area (Å²) in [7, 11) is 1.32. The Morgan fingerprint density at radius 2 is 2.04 bits per heavy atom. The molecular formula is C19H16N4O3S. The summed E-state index contributed by atoms with van der Waals surface area (Å²) in [6, 6.07) is 9.45. The van der Waals surface area contributed by atoms with Gasteiger partial charge < -0.3 is 14.7 Å². The van der Waals surface area contributed by atoms with E-state index >= 15 is 0 Å². The van der Waals surface area contributed by atoms with Gasteiger partial charge >= 0.3 is 5.97 Å². The molecule has 4 aromatic rings. The van der Waals surface area contributed by atoms with Crippen LogP contribution in [0.4, 0.5) is 5.13 Å². The Hall–Kier alpha value is -3.39. The number of nitrogens with one attached hydrogen (secondary N) is 3. The number of carbonyl (C=O) groups excluding carboxylic acids is 2. The number of fused-ring (bicyclic) bond motifs is 1.